The summed E-state index contributed by atoms with van der Waals surface area (Å²) in [6.07, 6.45) is 4.37. The van der Waals surface area contributed by atoms with E-state index in [2.05, 4.69) is 20.6 Å². The molecule has 0 bridgehead atoms. The third-order valence-corrected chi connectivity index (χ3v) is 7.82. The smallest absolute Gasteiger partial charge is 0.270 e. The van der Waals surface area contributed by atoms with Crippen LogP contribution in [0.4, 0.5) is 4.39 Å². The minimum atomic E-state index is -0.636. The van der Waals surface area contributed by atoms with Crippen LogP contribution in [0.5, 0.6) is 11.6 Å². The molecule has 41 heavy (non-hydrogen) atoms. The molecule has 0 atom stereocenters. The number of nitrogens with one attached hydrogen (secondary N) is 2. The number of thiazole rings is 1. The molecule has 3 N–H and O–H groups in total. The Morgan fingerprint density at radius 1 is 1.00 bits per heavy atom. The molecule has 212 valence electrons. The summed E-state index contributed by atoms with van der Waals surface area (Å²) in [6.45, 7) is 1.95. The number of carbonyl (C=O) groups excluding carboxylic acids is 2. The molecule has 0 saturated heterocycles. The molecule has 8 nitrogen and oxygen atoms in total. The highest BCUT2D eigenvalue weighted by Gasteiger charge is 2.26. The Hall–Kier alpha value is -4.15. The molecule has 0 spiro atoms. The Morgan fingerprint density at radius 2 is 1.71 bits per heavy atom. The zero-order chi connectivity index (χ0) is 28.8. The van der Waals surface area contributed by atoms with Gasteiger partial charge in [0.25, 0.3) is 11.8 Å². The molecule has 10 heteroatoms. The van der Waals surface area contributed by atoms with Crippen LogP contribution in [0.2, 0.25) is 0 Å². The molecule has 5 rings (SSSR count). The molecule has 2 aromatic heterocycles. The van der Waals surface area contributed by atoms with E-state index in [1.54, 1.807) is 11.4 Å². The summed E-state index contributed by atoms with van der Waals surface area (Å²) in [7, 11) is 0. The minimum Gasteiger partial charge on any atom is -0.438 e. The maximum atomic E-state index is 14.2. The van der Waals surface area contributed by atoms with Crippen molar-refractivity contribution in [2.75, 3.05) is 6.61 Å². The van der Waals surface area contributed by atoms with Gasteiger partial charge in [-0.3, -0.25) is 9.59 Å². The van der Waals surface area contributed by atoms with Crippen molar-refractivity contribution >= 4 is 23.2 Å². The highest BCUT2D eigenvalue weighted by molar-refractivity contribution is 7.09. The summed E-state index contributed by atoms with van der Waals surface area (Å²) in [4.78, 5) is 33.9. The van der Waals surface area contributed by atoms with Gasteiger partial charge in [-0.25, -0.2) is 14.4 Å². The number of aromatic nitrogens is 2. The maximum Gasteiger partial charge on any atom is 0.270 e. The van der Waals surface area contributed by atoms with Crippen LogP contribution in [-0.2, 0) is 6.42 Å². The quantitative estimate of drug-likeness (QED) is 0.245. The number of aliphatic hydroxyl groups is 1. The fourth-order valence-corrected chi connectivity index (χ4v) is 5.48. The van der Waals surface area contributed by atoms with Crippen LogP contribution in [0, 0.1) is 12.7 Å². The first-order valence-corrected chi connectivity index (χ1v) is 14.4. The fourth-order valence-electron chi connectivity index (χ4n) is 4.89. The lowest BCUT2D eigenvalue weighted by Crippen LogP contribution is -2.44. The van der Waals surface area contributed by atoms with E-state index >= 15 is 0 Å². The molecular formula is C31H31FN4O4S. The Morgan fingerprint density at radius 3 is 2.37 bits per heavy atom. The number of hydrogen-bond acceptors (Lipinski definition) is 7. The van der Waals surface area contributed by atoms with E-state index in [-0.39, 0.29) is 36.0 Å². The number of hydrogen-bond donors (Lipinski definition) is 3. The number of nitrogens with zero attached hydrogens (tertiary/aromatic N) is 2. The third kappa shape index (κ3) is 7.33. The minimum absolute atomic E-state index is 0.00514. The molecular weight excluding hydrogens is 543 g/mol. The number of halogens is 1. The number of rotatable bonds is 9. The monoisotopic (exact) mass is 574 g/mol. The molecule has 1 aliphatic carbocycles. The van der Waals surface area contributed by atoms with Crippen molar-refractivity contribution in [1.29, 1.82) is 0 Å². The highest BCUT2D eigenvalue weighted by Crippen LogP contribution is 2.29. The summed E-state index contributed by atoms with van der Waals surface area (Å²) in [6, 6.07) is 16.2. The Kier molecular flexibility index (Phi) is 9.01. The van der Waals surface area contributed by atoms with Crippen molar-refractivity contribution in [3.63, 3.8) is 0 Å². The number of benzene rings is 2. The van der Waals surface area contributed by atoms with Crippen molar-refractivity contribution in [2.24, 2.45) is 0 Å². The van der Waals surface area contributed by atoms with Crippen LogP contribution in [0.25, 0.3) is 11.1 Å². The van der Waals surface area contributed by atoms with Gasteiger partial charge in [-0.15, -0.1) is 11.3 Å². The molecule has 1 aliphatic rings. The van der Waals surface area contributed by atoms with E-state index in [1.807, 2.05) is 49.4 Å². The average molecular weight is 575 g/mol. The van der Waals surface area contributed by atoms with Crippen LogP contribution < -0.4 is 15.4 Å². The van der Waals surface area contributed by atoms with Gasteiger partial charge in [0, 0.05) is 24.1 Å². The van der Waals surface area contributed by atoms with Crippen LogP contribution in [-0.4, -0.2) is 45.6 Å². The van der Waals surface area contributed by atoms with E-state index < -0.39 is 11.7 Å². The first kappa shape index (κ1) is 28.4. The molecule has 0 unspecified atom stereocenters. The van der Waals surface area contributed by atoms with Crippen molar-refractivity contribution < 1.29 is 23.8 Å². The molecule has 2 aromatic carbocycles. The van der Waals surface area contributed by atoms with Crippen molar-refractivity contribution in [1.82, 2.24) is 20.6 Å². The van der Waals surface area contributed by atoms with E-state index in [4.69, 9.17) is 9.84 Å². The molecule has 0 aliphatic heterocycles. The van der Waals surface area contributed by atoms with Crippen molar-refractivity contribution in [3.8, 4) is 22.8 Å². The summed E-state index contributed by atoms with van der Waals surface area (Å²) >= 11 is 1.44. The summed E-state index contributed by atoms with van der Waals surface area (Å²) in [5, 5.41) is 17.7. The van der Waals surface area contributed by atoms with Gasteiger partial charge in [0.05, 0.1) is 11.2 Å². The second-order valence-corrected chi connectivity index (χ2v) is 11.1. The predicted molar refractivity (Wildman–Crippen MR) is 155 cm³/mol. The first-order valence-electron chi connectivity index (χ1n) is 13.6. The Balaban J connectivity index is 1.21. The predicted octanol–water partition coefficient (Wildman–Crippen LogP) is 5.45. The number of carbonyl (C=O) groups is 2. The second kappa shape index (κ2) is 13.0. The van der Waals surface area contributed by atoms with E-state index in [1.165, 1.54) is 11.3 Å². The van der Waals surface area contributed by atoms with Gasteiger partial charge in [0.2, 0.25) is 5.88 Å². The molecule has 1 fully saturated rings. The highest BCUT2D eigenvalue weighted by atomic mass is 32.1. The van der Waals surface area contributed by atoms with Crippen LogP contribution >= 0.6 is 11.3 Å². The standard InChI is InChI=1S/C31H31FN4O4S/c1-19-34-28(18-41-19)30(39)36-25-11-9-24(10-12-25)35-29(38)27-16-23(32)17-33-31(27)40-26-4-2-3-22(15-26)21-7-5-20(6-8-21)13-14-37/h2-8,15-18,24-25,37H,9-14H2,1H3,(H,35,38)(H,36,39)/t24-,25-. The summed E-state index contributed by atoms with van der Waals surface area (Å²) < 4.78 is 20.1. The molecule has 2 amide bonds. The average Bonchev–Trinajstić information content (AvgIpc) is 3.42. The maximum absolute atomic E-state index is 14.2. The molecule has 4 aromatic rings. The van der Waals surface area contributed by atoms with Crippen LogP contribution in [0.15, 0.2) is 66.2 Å². The van der Waals surface area contributed by atoms with E-state index in [0.29, 0.717) is 43.5 Å². The number of aliphatic hydroxyl groups excluding tert-OH is 1. The lowest BCUT2D eigenvalue weighted by atomic mass is 9.91. The summed E-state index contributed by atoms with van der Waals surface area (Å²) in [5.41, 5.74) is 3.35. The number of ether oxygens (including phenoxy) is 1. The van der Waals surface area contributed by atoms with Gasteiger partial charge in [-0.1, -0.05) is 36.4 Å². The van der Waals surface area contributed by atoms with Gasteiger partial charge >= 0.3 is 0 Å². The second-order valence-electron chi connectivity index (χ2n) is 10.1. The van der Waals surface area contributed by atoms with Gasteiger partial charge in [0.1, 0.15) is 22.8 Å². The fraction of sp³-hybridized carbons (Fsp3) is 0.290. The lowest BCUT2D eigenvalue weighted by molar-refractivity contribution is 0.0888. The number of pyridine rings is 1. The van der Waals surface area contributed by atoms with Crippen LogP contribution in [0.1, 0.15) is 57.1 Å². The number of amides is 2. The van der Waals surface area contributed by atoms with E-state index in [0.717, 1.165) is 34.0 Å². The Bertz CT molecular complexity index is 1520. The van der Waals surface area contributed by atoms with Gasteiger partial charge in [-0.05, 0) is 73.9 Å². The third-order valence-electron chi connectivity index (χ3n) is 7.05. The van der Waals surface area contributed by atoms with Crippen molar-refractivity contribution in [2.45, 2.75) is 51.1 Å². The number of aryl methyl sites for hydroxylation is 1. The topological polar surface area (TPSA) is 113 Å². The first-order chi connectivity index (χ1) is 19.9. The van der Waals surface area contributed by atoms with Gasteiger partial charge in [0.15, 0.2) is 0 Å². The van der Waals surface area contributed by atoms with Crippen molar-refractivity contribution in [3.05, 3.63) is 93.8 Å². The SMILES string of the molecule is Cc1nc(C(=O)N[C@H]2CC[C@H](NC(=O)c3cc(F)cnc3Oc3cccc(-c4ccc(CCO)cc4)c3)CC2)cs1. The molecule has 2 heterocycles. The zero-order valence-corrected chi connectivity index (χ0v) is 23.4. The Labute approximate surface area is 241 Å². The normalized spacial score (nSPS) is 16.7. The van der Waals surface area contributed by atoms with E-state index in [9.17, 15) is 14.0 Å². The largest absolute Gasteiger partial charge is 0.438 e. The summed E-state index contributed by atoms with van der Waals surface area (Å²) in [5.74, 6) is -0.811. The lowest BCUT2D eigenvalue weighted by Gasteiger charge is -2.29. The van der Waals surface area contributed by atoms with Gasteiger partial charge < -0.3 is 20.5 Å². The zero-order valence-electron chi connectivity index (χ0n) is 22.6. The van der Waals surface area contributed by atoms with Crippen LogP contribution in [0.3, 0.4) is 0 Å². The van der Waals surface area contributed by atoms with Gasteiger partial charge in [-0.2, -0.15) is 0 Å². The molecule has 1 saturated carbocycles. The molecule has 0 radical (unpaired) electrons.